The smallest absolute Gasteiger partial charge is 0.0636 e. The van der Waals surface area contributed by atoms with Crippen molar-refractivity contribution >= 4 is 43.5 Å². The third-order valence-electron chi connectivity index (χ3n) is 3.15. The summed E-state index contributed by atoms with van der Waals surface area (Å²) in [5.74, 6) is 0. The molecule has 2 aromatic rings. The molecule has 1 unspecified atom stereocenters. The van der Waals surface area contributed by atoms with E-state index >= 15 is 0 Å². The van der Waals surface area contributed by atoms with Gasteiger partial charge in [0.25, 0.3) is 0 Å². The van der Waals surface area contributed by atoms with Crippen LogP contribution in [-0.2, 0) is 6.42 Å². The van der Waals surface area contributed by atoms with Crippen molar-refractivity contribution in [2.45, 2.75) is 25.6 Å². The number of halogens is 3. The number of hydrogen-bond acceptors (Lipinski definition) is 0. The van der Waals surface area contributed by atoms with Gasteiger partial charge >= 0.3 is 0 Å². The third kappa shape index (κ3) is 3.84. The average molecular weight is 403 g/mol. The van der Waals surface area contributed by atoms with E-state index in [1.54, 1.807) is 0 Å². The standard InChI is InChI=1S/C16H15Br2Cl/c1-10-3-5-12(6-4-10)8-16(19)13-9-14(17)11(2)7-15(13)18/h3-7,9,16H,8H2,1-2H3. The topological polar surface area (TPSA) is 0 Å². The molecule has 0 amide bonds. The monoisotopic (exact) mass is 400 g/mol. The van der Waals surface area contributed by atoms with E-state index in [0.717, 1.165) is 20.9 Å². The lowest BCUT2D eigenvalue weighted by Gasteiger charge is -2.14. The molecule has 0 aromatic heterocycles. The van der Waals surface area contributed by atoms with Crippen molar-refractivity contribution in [3.05, 3.63) is 67.6 Å². The van der Waals surface area contributed by atoms with E-state index in [1.165, 1.54) is 16.7 Å². The van der Waals surface area contributed by atoms with Crippen molar-refractivity contribution in [3.63, 3.8) is 0 Å². The highest BCUT2D eigenvalue weighted by molar-refractivity contribution is 9.11. The van der Waals surface area contributed by atoms with E-state index in [9.17, 15) is 0 Å². The van der Waals surface area contributed by atoms with Gasteiger partial charge in [-0.1, -0.05) is 61.7 Å². The van der Waals surface area contributed by atoms with Crippen LogP contribution in [0.25, 0.3) is 0 Å². The van der Waals surface area contributed by atoms with Gasteiger partial charge in [-0.15, -0.1) is 11.6 Å². The Kier molecular flexibility index (Phi) is 5.10. The zero-order valence-electron chi connectivity index (χ0n) is 10.9. The molecule has 0 aliphatic heterocycles. The molecular weight excluding hydrogens is 387 g/mol. The first kappa shape index (κ1) is 15.1. The summed E-state index contributed by atoms with van der Waals surface area (Å²) in [6, 6.07) is 12.7. The minimum Gasteiger partial charge on any atom is -0.117 e. The van der Waals surface area contributed by atoms with Crippen LogP contribution in [0.3, 0.4) is 0 Å². The van der Waals surface area contributed by atoms with Gasteiger partial charge in [-0.3, -0.25) is 0 Å². The van der Waals surface area contributed by atoms with Gasteiger partial charge in [-0.2, -0.15) is 0 Å². The lowest BCUT2D eigenvalue weighted by atomic mass is 10.0. The first-order valence-corrected chi connectivity index (χ1v) is 8.15. The Bertz CT molecular complexity index is 576. The number of aryl methyl sites for hydroxylation is 2. The fourth-order valence-corrected chi connectivity index (χ4v) is 3.53. The predicted octanol–water partition coefficient (Wildman–Crippen LogP) is 6.35. The highest BCUT2D eigenvalue weighted by Gasteiger charge is 2.14. The lowest BCUT2D eigenvalue weighted by Crippen LogP contribution is -1.98. The Balaban J connectivity index is 2.22. The van der Waals surface area contributed by atoms with Crippen LogP contribution in [0.2, 0.25) is 0 Å². The van der Waals surface area contributed by atoms with Gasteiger partial charge in [0.05, 0.1) is 5.38 Å². The van der Waals surface area contributed by atoms with Gasteiger partial charge in [0.1, 0.15) is 0 Å². The highest BCUT2D eigenvalue weighted by atomic mass is 79.9. The lowest BCUT2D eigenvalue weighted by molar-refractivity contribution is 0.911. The van der Waals surface area contributed by atoms with Gasteiger partial charge in [0.15, 0.2) is 0 Å². The molecule has 0 fully saturated rings. The summed E-state index contributed by atoms with van der Waals surface area (Å²) in [6.07, 6.45) is 0.829. The fraction of sp³-hybridized carbons (Fsp3) is 0.250. The van der Waals surface area contributed by atoms with E-state index in [0.29, 0.717) is 0 Å². The molecule has 0 radical (unpaired) electrons. The largest absolute Gasteiger partial charge is 0.117 e. The van der Waals surface area contributed by atoms with Crippen LogP contribution in [0.5, 0.6) is 0 Å². The molecule has 19 heavy (non-hydrogen) atoms. The number of benzene rings is 2. The molecule has 3 heteroatoms. The zero-order chi connectivity index (χ0) is 14.0. The van der Waals surface area contributed by atoms with Crippen molar-refractivity contribution in [2.24, 2.45) is 0 Å². The van der Waals surface area contributed by atoms with Crippen molar-refractivity contribution in [2.75, 3.05) is 0 Å². The van der Waals surface area contributed by atoms with Crippen LogP contribution in [0.15, 0.2) is 45.3 Å². The van der Waals surface area contributed by atoms with Crippen LogP contribution in [0, 0.1) is 13.8 Å². The van der Waals surface area contributed by atoms with E-state index < -0.39 is 0 Å². The highest BCUT2D eigenvalue weighted by Crippen LogP contribution is 2.34. The van der Waals surface area contributed by atoms with Crippen LogP contribution in [0.1, 0.15) is 27.6 Å². The quantitative estimate of drug-likeness (QED) is 0.525. The second-order valence-corrected chi connectivity index (χ2v) is 7.02. The summed E-state index contributed by atoms with van der Waals surface area (Å²) in [5, 5.41) is -0.0334. The third-order valence-corrected chi connectivity index (χ3v) is 5.08. The molecule has 0 spiro atoms. The summed E-state index contributed by atoms with van der Waals surface area (Å²) in [4.78, 5) is 0. The second kappa shape index (κ2) is 6.43. The van der Waals surface area contributed by atoms with Crippen LogP contribution >= 0.6 is 43.5 Å². The average Bonchev–Trinajstić information content (AvgIpc) is 2.36. The van der Waals surface area contributed by atoms with Crippen LogP contribution in [0.4, 0.5) is 0 Å². The van der Waals surface area contributed by atoms with Gasteiger partial charge < -0.3 is 0 Å². The Morgan fingerprint density at radius 2 is 1.63 bits per heavy atom. The molecule has 1 atom stereocenters. The van der Waals surface area contributed by atoms with Crippen LogP contribution in [-0.4, -0.2) is 0 Å². The summed E-state index contributed by atoms with van der Waals surface area (Å²) in [6.45, 7) is 4.16. The van der Waals surface area contributed by atoms with Crippen LogP contribution < -0.4 is 0 Å². The Labute approximate surface area is 136 Å². The minimum atomic E-state index is -0.0334. The van der Waals surface area contributed by atoms with E-state index in [4.69, 9.17) is 11.6 Å². The molecule has 0 saturated carbocycles. The van der Waals surface area contributed by atoms with Crippen molar-refractivity contribution in [3.8, 4) is 0 Å². The molecule has 2 rings (SSSR count). The molecule has 0 bridgehead atoms. The Morgan fingerprint density at radius 1 is 1.00 bits per heavy atom. The number of alkyl halides is 1. The molecule has 0 saturated heterocycles. The summed E-state index contributed by atoms with van der Waals surface area (Å²) >= 11 is 13.7. The van der Waals surface area contributed by atoms with Crippen molar-refractivity contribution < 1.29 is 0 Å². The van der Waals surface area contributed by atoms with Gasteiger partial charge in [-0.25, -0.2) is 0 Å². The first-order valence-electron chi connectivity index (χ1n) is 6.12. The molecule has 0 aliphatic carbocycles. The molecule has 2 aromatic carbocycles. The molecule has 0 N–H and O–H groups in total. The first-order chi connectivity index (χ1) is 8.97. The number of rotatable bonds is 3. The minimum absolute atomic E-state index is 0.0334. The predicted molar refractivity (Wildman–Crippen MR) is 90.1 cm³/mol. The van der Waals surface area contributed by atoms with Gasteiger partial charge in [0.2, 0.25) is 0 Å². The normalized spacial score (nSPS) is 12.5. The second-order valence-electron chi connectivity index (χ2n) is 4.78. The molecule has 0 aliphatic rings. The van der Waals surface area contributed by atoms with Crippen molar-refractivity contribution in [1.29, 1.82) is 0 Å². The van der Waals surface area contributed by atoms with E-state index in [2.05, 4.69) is 82.1 Å². The molecule has 100 valence electrons. The SMILES string of the molecule is Cc1ccc(CC(Cl)c2cc(Br)c(C)cc2Br)cc1. The summed E-state index contributed by atoms with van der Waals surface area (Å²) in [5.41, 5.74) is 4.86. The maximum atomic E-state index is 6.56. The Morgan fingerprint density at radius 3 is 2.26 bits per heavy atom. The van der Waals surface area contributed by atoms with Gasteiger partial charge in [0, 0.05) is 8.95 Å². The Hall–Kier alpha value is -0.310. The molecule has 0 nitrogen and oxygen atoms in total. The molecular formula is C16H15Br2Cl. The zero-order valence-corrected chi connectivity index (χ0v) is 14.8. The fourth-order valence-electron chi connectivity index (χ4n) is 1.94. The van der Waals surface area contributed by atoms with Gasteiger partial charge in [-0.05, 0) is 49.1 Å². The maximum absolute atomic E-state index is 6.56. The van der Waals surface area contributed by atoms with E-state index in [-0.39, 0.29) is 5.38 Å². The summed E-state index contributed by atoms with van der Waals surface area (Å²) < 4.78 is 2.17. The molecule has 0 heterocycles. The maximum Gasteiger partial charge on any atom is 0.0636 e. The summed E-state index contributed by atoms with van der Waals surface area (Å²) in [7, 11) is 0. The number of hydrogen-bond donors (Lipinski definition) is 0. The van der Waals surface area contributed by atoms with E-state index in [1.807, 2.05) is 0 Å². The van der Waals surface area contributed by atoms with Crippen molar-refractivity contribution in [1.82, 2.24) is 0 Å².